The van der Waals surface area contributed by atoms with E-state index >= 15 is 0 Å². The molecule has 0 fully saturated rings. The molecule has 0 amide bonds. The van der Waals surface area contributed by atoms with Crippen LogP contribution in [-0.4, -0.2) is 24.1 Å². The quantitative estimate of drug-likeness (QED) is 0.172. The second-order valence-electron chi connectivity index (χ2n) is 14.2. The zero-order valence-electron chi connectivity index (χ0n) is 30.3. The molecule has 0 spiro atoms. The average molecular weight is 716 g/mol. The molecule has 56 heavy (non-hydrogen) atoms. The summed E-state index contributed by atoms with van der Waals surface area (Å²) in [6, 6.07) is 68.3. The van der Waals surface area contributed by atoms with Gasteiger partial charge in [-0.25, -0.2) is 15.0 Å². The summed E-state index contributed by atoms with van der Waals surface area (Å²) >= 11 is 0. The third-order valence-corrected chi connectivity index (χ3v) is 10.8. The van der Waals surface area contributed by atoms with Crippen LogP contribution in [0.15, 0.2) is 200 Å². The molecular weight excluding hydrogens is 683 g/mol. The van der Waals surface area contributed by atoms with E-state index in [0.29, 0.717) is 17.5 Å². The molecule has 0 saturated heterocycles. The van der Waals surface area contributed by atoms with Gasteiger partial charge in [0.25, 0.3) is 0 Å². The first-order valence-corrected chi connectivity index (χ1v) is 18.9. The Hall–Kier alpha value is -7.63. The molecule has 11 rings (SSSR count). The van der Waals surface area contributed by atoms with Gasteiger partial charge in [0.1, 0.15) is 0 Å². The zero-order valence-corrected chi connectivity index (χ0v) is 30.3. The van der Waals surface area contributed by atoms with E-state index in [1.165, 1.54) is 49.2 Å². The fourth-order valence-corrected chi connectivity index (χ4v) is 8.02. The molecule has 3 heterocycles. The van der Waals surface area contributed by atoms with Crippen molar-refractivity contribution in [2.24, 2.45) is 0 Å². The molecule has 8 aromatic carbocycles. The van der Waals surface area contributed by atoms with E-state index in [1.807, 2.05) is 60.7 Å². The third-order valence-electron chi connectivity index (χ3n) is 10.8. The Kier molecular flexibility index (Phi) is 7.42. The van der Waals surface area contributed by atoms with Crippen LogP contribution in [-0.2, 0) is 0 Å². The molecule has 3 aromatic heterocycles. The van der Waals surface area contributed by atoms with Crippen molar-refractivity contribution in [3.8, 4) is 56.7 Å². The van der Waals surface area contributed by atoms with E-state index in [0.717, 1.165) is 33.5 Å². The maximum absolute atomic E-state index is 4.95. The van der Waals surface area contributed by atoms with E-state index in [2.05, 4.69) is 149 Å². The van der Waals surface area contributed by atoms with Crippen LogP contribution in [0.4, 0.5) is 0 Å². The minimum Gasteiger partial charge on any atom is -0.317 e. The molecule has 0 saturated carbocycles. The van der Waals surface area contributed by atoms with E-state index in [1.54, 1.807) is 0 Å². The summed E-state index contributed by atoms with van der Waals surface area (Å²) in [5, 5.41) is 6.16. The number of para-hydroxylation sites is 2. The van der Waals surface area contributed by atoms with Gasteiger partial charge in [0.15, 0.2) is 17.5 Å². The maximum Gasteiger partial charge on any atom is 0.164 e. The summed E-state index contributed by atoms with van der Waals surface area (Å²) in [5.74, 6) is 1.95. The minimum absolute atomic E-state index is 0.643. The van der Waals surface area contributed by atoms with Gasteiger partial charge < -0.3 is 9.13 Å². The molecule has 5 nitrogen and oxygen atoms in total. The highest BCUT2D eigenvalue weighted by Crippen LogP contribution is 2.37. The number of hydrogen-bond donors (Lipinski definition) is 0. The molecule has 11 aromatic rings. The Morgan fingerprint density at radius 1 is 0.304 bits per heavy atom. The van der Waals surface area contributed by atoms with Crippen molar-refractivity contribution in [2.45, 2.75) is 0 Å². The summed E-state index contributed by atoms with van der Waals surface area (Å²) in [7, 11) is 0. The molecule has 0 aliphatic rings. The summed E-state index contributed by atoms with van der Waals surface area (Å²) in [6.45, 7) is 0. The Morgan fingerprint density at radius 2 is 0.875 bits per heavy atom. The van der Waals surface area contributed by atoms with Crippen LogP contribution in [0.2, 0.25) is 0 Å². The molecule has 0 aliphatic carbocycles. The number of rotatable bonds is 6. The summed E-state index contributed by atoms with van der Waals surface area (Å²) in [4.78, 5) is 14.8. The maximum atomic E-state index is 4.95. The number of hydrogen-bond acceptors (Lipinski definition) is 3. The normalized spacial score (nSPS) is 11.6. The van der Waals surface area contributed by atoms with Gasteiger partial charge in [-0.05, 0) is 88.6 Å². The zero-order chi connectivity index (χ0) is 37.0. The second-order valence-corrected chi connectivity index (χ2v) is 14.2. The Morgan fingerprint density at radius 3 is 1.59 bits per heavy atom. The molecule has 5 heteroatoms. The molecular formula is C51H33N5. The standard InChI is InChI=1S/C51H33N5/c1-4-13-35(14-5-1)49-52-50(36-15-6-2-7-16-36)54-51(53-49)39-18-12-17-37(29-39)34-23-25-42(26-24-34)55-28-27-38-30-40-33-48-45(31-41(40)32-47(38)55)44-21-10-11-22-46(44)56(48)43-19-8-3-9-20-43/h1-33H. The first-order chi connectivity index (χ1) is 27.7. The van der Waals surface area contributed by atoms with Crippen molar-refractivity contribution >= 4 is 43.5 Å². The molecule has 0 unspecified atom stereocenters. The minimum atomic E-state index is 0.643. The molecule has 0 aliphatic heterocycles. The third kappa shape index (κ3) is 5.45. The lowest BCUT2D eigenvalue weighted by atomic mass is 10.0. The average Bonchev–Trinajstić information content (AvgIpc) is 3.83. The molecule has 0 atom stereocenters. The Balaban J connectivity index is 0.957. The van der Waals surface area contributed by atoms with Crippen molar-refractivity contribution in [2.75, 3.05) is 0 Å². The van der Waals surface area contributed by atoms with E-state index in [4.69, 9.17) is 15.0 Å². The SMILES string of the molecule is c1ccc(-c2nc(-c3ccccc3)nc(-c3cccc(-c4ccc(-n5ccc6cc7cc8c(cc7cc65)c5ccccc5n8-c5ccccc5)cc4)c3)n2)cc1. The topological polar surface area (TPSA) is 48.5 Å². The molecule has 262 valence electrons. The van der Waals surface area contributed by atoms with Crippen molar-refractivity contribution in [1.82, 2.24) is 24.1 Å². The van der Waals surface area contributed by atoms with Crippen LogP contribution in [0.3, 0.4) is 0 Å². The Bertz CT molecular complexity index is 3160. The van der Waals surface area contributed by atoms with Gasteiger partial charge in [-0.2, -0.15) is 0 Å². The second kappa shape index (κ2) is 13.0. The van der Waals surface area contributed by atoms with Gasteiger partial charge >= 0.3 is 0 Å². The number of aromatic nitrogens is 5. The van der Waals surface area contributed by atoms with Gasteiger partial charge in [-0.15, -0.1) is 0 Å². The van der Waals surface area contributed by atoms with E-state index < -0.39 is 0 Å². The van der Waals surface area contributed by atoms with Crippen molar-refractivity contribution in [3.63, 3.8) is 0 Å². The van der Waals surface area contributed by atoms with Gasteiger partial charge in [0, 0.05) is 50.4 Å². The lowest BCUT2D eigenvalue weighted by Crippen LogP contribution is -2.00. The Labute approximate surface area is 323 Å². The van der Waals surface area contributed by atoms with Crippen LogP contribution in [0.1, 0.15) is 0 Å². The number of benzene rings is 8. The number of nitrogens with zero attached hydrogens (tertiary/aromatic N) is 5. The monoisotopic (exact) mass is 715 g/mol. The summed E-state index contributed by atoms with van der Waals surface area (Å²) in [6.07, 6.45) is 2.17. The van der Waals surface area contributed by atoms with Crippen molar-refractivity contribution < 1.29 is 0 Å². The fourth-order valence-electron chi connectivity index (χ4n) is 8.02. The van der Waals surface area contributed by atoms with Crippen LogP contribution in [0.5, 0.6) is 0 Å². The van der Waals surface area contributed by atoms with E-state index in [9.17, 15) is 0 Å². The van der Waals surface area contributed by atoms with Gasteiger partial charge in [-0.1, -0.05) is 127 Å². The number of fused-ring (bicyclic) bond motifs is 5. The highest BCUT2D eigenvalue weighted by atomic mass is 15.0. The highest BCUT2D eigenvalue weighted by Gasteiger charge is 2.16. The summed E-state index contributed by atoms with van der Waals surface area (Å²) < 4.78 is 4.66. The first kappa shape index (κ1) is 31.9. The fraction of sp³-hybridized carbons (Fsp3) is 0. The van der Waals surface area contributed by atoms with Crippen molar-refractivity contribution in [1.29, 1.82) is 0 Å². The molecule has 0 bridgehead atoms. The van der Waals surface area contributed by atoms with Gasteiger partial charge in [0.2, 0.25) is 0 Å². The smallest absolute Gasteiger partial charge is 0.164 e. The lowest BCUT2D eigenvalue weighted by Gasteiger charge is -2.11. The molecule has 0 N–H and O–H groups in total. The summed E-state index contributed by atoms with van der Waals surface area (Å²) in [5.41, 5.74) is 10.9. The lowest BCUT2D eigenvalue weighted by molar-refractivity contribution is 1.07. The van der Waals surface area contributed by atoms with E-state index in [-0.39, 0.29) is 0 Å². The van der Waals surface area contributed by atoms with Crippen LogP contribution >= 0.6 is 0 Å². The van der Waals surface area contributed by atoms with Crippen LogP contribution in [0.25, 0.3) is 100 Å². The first-order valence-electron chi connectivity index (χ1n) is 18.9. The highest BCUT2D eigenvalue weighted by molar-refractivity contribution is 6.15. The largest absolute Gasteiger partial charge is 0.317 e. The predicted molar refractivity (Wildman–Crippen MR) is 230 cm³/mol. The van der Waals surface area contributed by atoms with Crippen LogP contribution < -0.4 is 0 Å². The molecule has 0 radical (unpaired) electrons. The van der Waals surface area contributed by atoms with Gasteiger partial charge in [0.05, 0.1) is 16.6 Å². The predicted octanol–water partition coefficient (Wildman–Crippen LogP) is 12.7. The van der Waals surface area contributed by atoms with Gasteiger partial charge in [-0.3, -0.25) is 0 Å². The van der Waals surface area contributed by atoms with Crippen LogP contribution in [0, 0.1) is 0 Å². The van der Waals surface area contributed by atoms with Crippen molar-refractivity contribution in [3.05, 3.63) is 200 Å².